The molecule has 16 heavy (non-hydrogen) atoms. The molecule has 0 saturated heterocycles. The summed E-state index contributed by atoms with van der Waals surface area (Å²) in [6.45, 7) is 2.15. The number of halogens is 1. The quantitative estimate of drug-likeness (QED) is 0.802. The van der Waals surface area contributed by atoms with E-state index in [4.69, 9.17) is 4.74 Å². The summed E-state index contributed by atoms with van der Waals surface area (Å²) in [5.41, 5.74) is 0.901. The molecule has 0 aliphatic heterocycles. The van der Waals surface area contributed by atoms with Crippen LogP contribution in [0, 0.1) is 5.82 Å². The lowest BCUT2D eigenvalue weighted by Gasteiger charge is -2.19. The molecular weight excluding hydrogens is 205 g/mol. The molecule has 1 rings (SSSR count). The molecule has 0 saturated carbocycles. The van der Waals surface area contributed by atoms with Gasteiger partial charge >= 0.3 is 0 Å². The van der Waals surface area contributed by atoms with Gasteiger partial charge in [0.2, 0.25) is 0 Å². The first-order valence-electron chi connectivity index (χ1n) is 5.73. The maximum Gasteiger partial charge on any atom is 0.123 e. The minimum Gasteiger partial charge on any atom is -0.496 e. The summed E-state index contributed by atoms with van der Waals surface area (Å²) in [5.74, 6) is 0.532. The fourth-order valence-electron chi connectivity index (χ4n) is 1.84. The first kappa shape index (κ1) is 13.0. The van der Waals surface area contributed by atoms with Gasteiger partial charge in [-0.1, -0.05) is 19.8 Å². The molecule has 0 spiro atoms. The van der Waals surface area contributed by atoms with Gasteiger partial charge < -0.3 is 10.1 Å². The Hall–Kier alpha value is -1.09. The molecule has 0 radical (unpaired) electrons. The summed E-state index contributed by atoms with van der Waals surface area (Å²) < 4.78 is 18.5. The second-order valence-electron chi connectivity index (χ2n) is 3.87. The van der Waals surface area contributed by atoms with Crippen molar-refractivity contribution in [1.82, 2.24) is 5.32 Å². The number of benzene rings is 1. The third-order valence-corrected chi connectivity index (χ3v) is 2.76. The third-order valence-electron chi connectivity index (χ3n) is 2.76. The van der Waals surface area contributed by atoms with Crippen LogP contribution >= 0.6 is 0 Å². The van der Waals surface area contributed by atoms with E-state index < -0.39 is 0 Å². The zero-order valence-corrected chi connectivity index (χ0v) is 10.2. The van der Waals surface area contributed by atoms with E-state index in [1.165, 1.54) is 6.07 Å². The minimum atomic E-state index is -0.215. The lowest BCUT2D eigenvalue weighted by atomic mass is 10.00. The van der Waals surface area contributed by atoms with E-state index in [0.29, 0.717) is 0 Å². The van der Waals surface area contributed by atoms with Crippen LogP contribution in [-0.2, 0) is 0 Å². The number of methoxy groups -OCH3 is 1. The van der Waals surface area contributed by atoms with Crippen molar-refractivity contribution in [2.45, 2.75) is 32.2 Å². The molecular formula is C13H20FNO. The van der Waals surface area contributed by atoms with Crippen molar-refractivity contribution in [2.24, 2.45) is 0 Å². The van der Waals surface area contributed by atoms with E-state index in [1.54, 1.807) is 19.2 Å². The summed E-state index contributed by atoms with van der Waals surface area (Å²) in [6.07, 6.45) is 3.24. The maximum absolute atomic E-state index is 13.2. The van der Waals surface area contributed by atoms with Gasteiger partial charge in [0.1, 0.15) is 11.6 Å². The van der Waals surface area contributed by atoms with Gasteiger partial charge in [-0.15, -0.1) is 0 Å². The van der Waals surface area contributed by atoms with Crippen LogP contribution in [0.4, 0.5) is 4.39 Å². The standard InChI is InChI=1S/C13H20FNO/c1-4-5-6-12(15-2)11-9-10(14)7-8-13(11)16-3/h7-9,12,15H,4-6H2,1-3H3. The zero-order chi connectivity index (χ0) is 12.0. The average molecular weight is 225 g/mol. The molecule has 0 bridgehead atoms. The SMILES string of the molecule is CCCCC(NC)c1cc(F)ccc1OC. The topological polar surface area (TPSA) is 21.3 Å². The largest absolute Gasteiger partial charge is 0.496 e. The van der Waals surface area contributed by atoms with Crippen LogP contribution in [0.1, 0.15) is 37.8 Å². The van der Waals surface area contributed by atoms with Crippen LogP contribution in [-0.4, -0.2) is 14.2 Å². The van der Waals surface area contributed by atoms with Gasteiger partial charge in [-0.25, -0.2) is 4.39 Å². The Morgan fingerprint density at radius 3 is 2.75 bits per heavy atom. The van der Waals surface area contributed by atoms with E-state index in [9.17, 15) is 4.39 Å². The van der Waals surface area contributed by atoms with Gasteiger partial charge in [0.05, 0.1) is 7.11 Å². The number of hydrogen-bond donors (Lipinski definition) is 1. The van der Waals surface area contributed by atoms with Gasteiger partial charge in [0, 0.05) is 11.6 Å². The summed E-state index contributed by atoms with van der Waals surface area (Å²) in [6, 6.07) is 4.82. The first-order valence-corrected chi connectivity index (χ1v) is 5.73. The molecule has 0 fully saturated rings. The molecule has 0 aromatic heterocycles. The molecule has 2 nitrogen and oxygen atoms in total. The highest BCUT2D eigenvalue weighted by molar-refractivity contribution is 5.36. The molecule has 3 heteroatoms. The highest BCUT2D eigenvalue weighted by atomic mass is 19.1. The van der Waals surface area contributed by atoms with Crippen molar-refractivity contribution in [1.29, 1.82) is 0 Å². The fraction of sp³-hybridized carbons (Fsp3) is 0.538. The number of ether oxygens (including phenoxy) is 1. The van der Waals surface area contributed by atoms with Crippen molar-refractivity contribution in [3.05, 3.63) is 29.6 Å². The first-order chi connectivity index (χ1) is 7.72. The fourth-order valence-corrected chi connectivity index (χ4v) is 1.84. The van der Waals surface area contributed by atoms with E-state index in [1.807, 2.05) is 7.05 Å². The zero-order valence-electron chi connectivity index (χ0n) is 10.2. The van der Waals surface area contributed by atoms with Gasteiger partial charge in [-0.05, 0) is 31.7 Å². The van der Waals surface area contributed by atoms with Crippen LogP contribution in [0.15, 0.2) is 18.2 Å². The number of nitrogens with one attached hydrogen (secondary N) is 1. The van der Waals surface area contributed by atoms with E-state index in [0.717, 1.165) is 30.6 Å². The monoisotopic (exact) mass is 225 g/mol. The van der Waals surface area contributed by atoms with E-state index >= 15 is 0 Å². The van der Waals surface area contributed by atoms with Crippen LogP contribution in [0.2, 0.25) is 0 Å². The van der Waals surface area contributed by atoms with Gasteiger partial charge in [0.25, 0.3) is 0 Å². The Morgan fingerprint density at radius 2 is 2.19 bits per heavy atom. The number of unbranched alkanes of at least 4 members (excludes halogenated alkanes) is 1. The maximum atomic E-state index is 13.2. The van der Waals surface area contributed by atoms with Gasteiger partial charge in [-0.3, -0.25) is 0 Å². The second-order valence-corrected chi connectivity index (χ2v) is 3.87. The van der Waals surface area contributed by atoms with Crippen LogP contribution in [0.25, 0.3) is 0 Å². The van der Waals surface area contributed by atoms with Crippen molar-refractivity contribution < 1.29 is 9.13 Å². The van der Waals surface area contributed by atoms with E-state index in [2.05, 4.69) is 12.2 Å². The Kier molecular flexibility index (Phi) is 5.26. The Bertz CT molecular complexity index is 328. The number of hydrogen-bond acceptors (Lipinski definition) is 2. The van der Waals surface area contributed by atoms with Crippen LogP contribution < -0.4 is 10.1 Å². The predicted molar refractivity (Wildman–Crippen MR) is 64.3 cm³/mol. The lowest BCUT2D eigenvalue weighted by molar-refractivity contribution is 0.395. The molecule has 1 aromatic carbocycles. The molecule has 1 atom stereocenters. The predicted octanol–water partition coefficient (Wildman–Crippen LogP) is 3.29. The molecule has 0 aliphatic rings. The third kappa shape index (κ3) is 3.20. The Morgan fingerprint density at radius 1 is 1.44 bits per heavy atom. The average Bonchev–Trinajstić information content (AvgIpc) is 2.30. The van der Waals surface area contributed by atoms with Gasteiger partial charge in [-0.2, -0.15) is 0 Å². The summed E-state index contributed by atoms with van der Waals surface area (Å²) in [4.78, 5) is 0. The van der Waals surface area contributed by atoms with Crippen LogP contribution in [0.3, 0.4) is 0 Å². The molecule has 1 unspecified atom stereocenters. The minimum absolute atomic E-state index is 0.158. The van der Waals surface area contributed by atoms with Gasteiger partial charge in [0.15, 0.2) is 0 Å². The normalized spacial score (nSPS) is 12.5. The molecule has 0 heterocycles. The smallest absolute Gasteiger partial charge is 0.123 e. The molecule has 0 aliphatic carbocycles. The second kappa shape index (κ2) is 6.48. The summed E-state index contributed by atoms with van der Waals surface area (Å²) >= 11 is 0. The summed E-state index contributed by atoms with van der Waals surface area (Å²) in [7, 11) is 3.51. The Balaban J connectivity index is 2.92. The lowest BCUT2D eigenvalue weighted by Crippen LogP contribution is -2.17. The van der Waals surface area contributed by atoms with Crippen LogP contribution in [0.5, 0.6) is 5.75 Å². The summed E-state index contributed by atoms with van der Waals surface area (Å²) in [5, 5.41) is 3.21. The molecule has 90 valence electrons. The molecule has 0 amide bonds. The highest BCUT2D eigenvalue weighted by Crippen LogP contribution is 2.28. The molecule has 1 N–H and O–H groups in total. The van der Waals surface area contributed by atoms with Crippen molar-refractivity contribution >= 4 is 0 Å². The Labute approximate surface area is 96.8 Å². The number of rotatable bonds is 6. The van der Waals surface area contributed by atoms with Crippen molar-refractivity contribution in [3.63, 3.8) is 0 Å². The van der Waals surface area contributed by atoms with Crippen molar-refractivity contribution in [2.75, 3.05) is 14.2 Å². The van der Waals surface area contributed by atoms with Crippen molar-refractivity contribution in [3.8, 4) is 5.75 Å². The molecule has 1 aromatic rings. The van der Waals surface area contributed by atoms with E-state index in [-0.39, 0.29) is 11.9 Å². The highest BCUT2D eigenvalue weighted by Gasteiger charge is 2.14.